The lowest BCUT2D eigenvalue weighted by Crippen LogP contribution is -2.37. The number of nitrogens with one attached hydrogen (secondary N) is 2. The van der Waals surface area contributed by atoms with E-state index in [1.807, 2.05) is 13.0 Å². The fourth-order valence-electron chi connectivity index (χ4n) is 1.96. The summed E-state index contributed by atoms with van der Waals surface area (Å²) in [6, 6.07) is 8.35. The highest BCUT2D eigenvalue weighted by Gasteiger charge is 2.03. The minimum atomic E-state index is 0.660. The van der Waals surface area contributed by atoms with Crippen molar-refractivity contribution in [2.45, 2.75) is 40.3 Å². The summed E-state index contributed by atoms with van der Waals surface area (Å²) in [5.74, 6) is 1.55. The summed E-state index contributed by atoms with van der Waals surface area (Å²) >= 11 is 0. The van der Waals surface area contributed by atoms with Gasteiger partial charge in [-0.3, -0.25) is 4.99 Å². The Morgan fingerprint density at radius 3 is 2.52 bits per heavy atom. The second kappa shape index (κ2) is 10.2. The standard InChI is InChI=1S/C17H29N3O/c1-5-21-13-16-9-7-6-8-15(16)12-20-17(18-4)19-11-10-14(2)3/h6-9,14H,5,10-13H2,1-4H3,(H2,18,19,20). The number of hydrogen-bond acceptors (Lipinski definition) is 2. The molecule has 0 aliphatic heterocycles. The Labute approximate surface area is 129 Å². The van der Waals surface area contributed by atoms with Crippen molar-refractivity contribution in [3.8, 4) is 0 Å². The minimum absolute atomic E-state index is 0.660. The number of aliphatic imine (C=N–C) groups is 1. The molecule has 0 atom stereocenters. The number of rotatable bonds is 8. The molecule has 1 aromatic rings. The molecule has 0 heterocycles. The van der Waals surface area contributed by atoms with Gasteiger partial charge in [0, 0.05) is 26.7 Å². The Kier molecular flexibility index (Phi) is 8.51. The Morgan fingerprint density at radius 1 is 1.19 bits per heavy atom. The molecule has 0 fully saturated rings. The first-order valence-electron chi connectivity index (χ1n) is 7.76. The molecule has 0 aliphatic carbocycles. The zero-order chi connectivity index (χ0) is 15.5. The van der Waals surface area contributed by atoms with Crippen molar-refractivity contribution in [3.05, 3.63) is 35.4 Å². The number of benzene rings is 1. The van der Waals surface area contributed by atoms with Gasteiger partial charge in [0.15, 0.2) is 5.96 Å². The maximum atomic E-state index is 5.51. The third-order valence-electron chi connectivity index (χ3n) is 3.26. The van der Waals surface area contributed by atoms with Crippen LogP contribution >= 0.6 is 0 Å². The van der Waals surface area contributed by atoms with Crippen LogP contribution in [-0.2, 0) is 17.9 Å². The van der Waals surface area contributed by atoms with E-state index in [0.717, 1.165) is 32.1 Å². The first kappa shape index (κ1) is 17.5. The molecule has 0 aliphatic rings. The van der Waals surface area contributed by atoms with E-state index in [1.54, 1.807) is 7.05 Å². The molecule has 0 saturated carbocycles. The maximum Gasteiger partial charge on any atom is 0.191 e. The number of ether oxygens (including phenoxy) is 1. The van der Waals surface area contributed by atoms with Gasteiger partial charge in [-0.25, -0.2) is 0 Å². The Morgan fingerprint density at radius 2 is 1.90 bits per heavy atom. The molecule has 0 unspecified atom stereocenters. The van der Waals surface area contributed by atoms with Gasteiger partial charge in [-0.15, -0.1) is 0 Å². The van der Waals surface area contributed by atoms with Crippen molar-refractivity contribution < 1.29 is 4.74 Å². The van der Waals surface area contributed by atoms with Crippen LogP contribution in [0.2, 0.25) is 0 Å². The summed E-state index contributed by atoms with van der Waals surface area (Å²) < 4.78 is 5.51. The maximum absolute atomic E-state index is 5.51. The second-order valence-corrected chi connectivity index (χ2v) is 5.44. The highest BCUT2D eigenvalue weighted by Crippen LogP contribution is 2.09. The van der Waals surface area contributed by atoms with Gasteiger partial charge in [-0.2, -0.15) is 0 Å². The molecule has 0 radical (unpaired) electrons. The van der Waals surface area contributed by atoms with Crippen LogP contribution in [0, 0.1) is 5.92 Å². The minimum Gasteiger partial charge on any atom is -0.377 e. The Balaban J connectivity index is 2.49. The Hall–Kier alpha value is -1.55. The molecular formula is C17H29N3O. The molecule has 4 heteroatoms. The molecular weight excluding hydrogens is 262 g/mol. The third kappa shape index (κ3) is 7.14. The van der Waals surface area contributed by atoms with E-state index in [4.69, 9.17) is 4.74 Å². The second-order valence-electron chi connectivity index (χ2n) is 5.44. The van der Waals surface area contributed by atoms with Crippen LogP contribution in [0.5, 0.6) is 0 Å². The predicted octanol–water partition coefficient (Wildman–Crippen LogP) is 2.93. The van der Waals surface area contributed by atoms with Crippen molar-refractivity contribution in [2.24, 2.45) is 10.9 Å². The van der Waals surface area contributed by atoms with Crippen LogP contribution in [0.25, 0.3) is 0 Å². The summed E-state index contributed by atoms with van der Waals surface area (Å²) in [5.41, 5.74) is 2.47. The van der Waals surface area contributed by atoms with Crippen molar-refractivity contribution in [2.75, 3.05) is 20.2 Å². The van der Waals surface area contributed by atoms with Crippen molar-refractivity contribution in [1.82, 2.24) is 10.6 Å². The lowest BCUT2D eigenvalue weighted by molar-refractivity contribution is 0.133. The van der Waals surface area contributed by atoms with E-state index in [1.165, 1.54) is 11.1 Å². The molecule has 0 spiro atoms. The monoisotopic (exact) mass is 291 g/mol. The van der Waals surface area contributed by atoms with E-state index in [2.05, 4.69) is 47.7 Å². The first-order chi connectivity index (χ1) is 10.2. The molecule has 0 bridgehead atoms. The predicted molar refractivity (Wildman–Crippen MR) is 89.4 cm³/mol. The van der Waals surface area contributed by atoms with Crippen molar-refractivity contribution in [1.29, 1.82) is 0 Å². The summed E-state index contributed by atoms with van der Waals surface area (Å²) in [4.78, 5) is 4.25. The topological polar surface area (TPSA) is 45.6 Å². The van der Waals surface area contributed by atoms with Gasteiger partial charge in [0.25, 0.3) is 0 Å². The lowest BCUT2D eigenvalue weighted by Gasteiger charge is -2.15. The van der Waals surface area contributed by atoms with Crippen molar-refractivity contribution >= 4 is 5.96 Å². The number of nitrogens with zero attached hydrogens (tertiary/aromatic N) is 1. The van der Waals surface area contributed by atoms with Gasteiger partial charge < -0.3 is 15.4 Å². The quantitative estimate of drug-likeness (QED) is 0.572. The average molecular weight is 291 g/mol. The van der Waals surface area contributed by atoms with Gasteiger partial charge >= 0.3 is 0 Å². The molecule has 4 nitrogen and oxygen atoms in total. The molecule has 0 saturated heterocycles. The number of guanidine groups is 1. The smallest absolute Gasteiger partial charge is 0.191 e. The first-order valence-corrected chi connectivity index (χ1v) is 7.76. The van der Waals surface area contributed by atoms with E-state index < -0.39 is 0 Å². The van der Waals surface area contributed by atoms with E-state index in [9.17, 15) is 0 Å². The zero-order valence-corrected chi connectivity index (χ0v) is 13.8. The van der Waals surface area contributed by atoms with E-state index >= 15 is 0 Å². The van der Waals surface area contributed by atoms with Crippen LogP contribution in [0.15, 0.2) is 29.3 Å². The summed E-state index contributed by atoms with van der Waals surface area (Å²) in [7, 11) is 1.80. The lowest BCUT2D eigenvalue weighted by atomic mass is 10.1. The van der Waals surface area contributed by atoms with E-state index in [-0.39, 0.29) is 0 Å². The Bertz CT molecular complexity index is 430. The third-order valence-corrected chi connectivity index (χ3v) is 3.26. The summed E-state index contributed by atoms with van der Waals surface area (Å²) in [6.07, 6.45) is 1.14. The SMILES string of the molecule is CCOCc1ccccc1CNC(=NC)NCCC(C)C. The molecule has 0 aromatic heterocycles. The zero-order valence-electron chi connectivity index (χ0n) is 13.8. The molecule has 1 rings (SSSR count). The van der Waals surface area contributed by atoms with Gasteiger partial charge in [0.05, 0.1) is 6.61 Å². The van der Waals surface area contributed by atoms with Crippen LogP contribution in [0.4, 0.5) is 0 Å². The molecule has 0 amide bonds. The van der Waals surface area contributed by atoms with Gasteiger partial charge in [0.2, 0.25) is 0 Å². The molecule has 21 heavy (non-hydrogen) atoms. The normalized spacial score (nSPS) is 11.8. The molecule has 118 valence electrons. The molecule has 2 N–H and O–H groups in total. The number of hydrogen-bond donors (Lipinski definition) is 2. The van der Waals surface area contributed by atoms with E-state index in [0.29, 0.717) is 12.5 Å². The highest BCUT2D eigenvalue weighted by atomic mass is 16.5. The average Bonchev–Trinajstić information content (AvgIpc) is 2.49. The van der Waals surface area contributed by atoms with Gasteiger partial charge in [0.1, 0.15) is 0 Å². The molecule has 1 aromatic carbocycles. The highest BCUT2D eigenvalue weighted by molar-refractivity contribution is 5.79. The van der Waals surface area contributed by atoms with Crippen molar-refractivity contribution in [3.63, 3.8) is 0 Å². The summed E-state index contributed by atoms with van der Waals surface area (Å²) in [6.45, 7) is 9.56. The van der Waals surface area contributed by atoms with Crippen LogP contribution < -0.4 is 10.6 Å². The fourth-order valence-corrected chi connectivity index (χ4v) is 1.96. The van der Waals surface area contributed by atoms with Crippen LogP contribution in [0.3, 0.4) is 0 Å². The van der Waals surface area contributed by atoms with Crippen LogP contribution in [-0.4, -0.2) is 26.2 Å². The van der Waals surface area contributed by atoms with Gasteiger partial charge in [-0.1, -0.05) is 38.1 Å². The summed E-state index contributed by atoms with van der Waals surface area (Å²) in [5, 5.41) is 6.70. The fraction of sp³-hybridized carbons (Fsp3) is 0.588. The van der Waals surface area contributed by atoms with Gasteiger partial charge in [-0.05, 0) is 30.4 Å². The van der Waals surface area contributed by atoms with Crippen LogP contribution in [0.1, 0.15) is 38.3 Å². The largest absolute Gasteiger partial charge is 0.377 e.